The molecule has 0 aromatic heterocycles. The number of nitrogens with zero attached hydrogens (tertiary/aromatic N) is 1. The van der Waals surface area contributed by atoms with Crippen molar-refractivity contribution in [3.8, 4) is 0 Å². The van der Waals surface area contributed by atoms with Crippen LogP contribution in [0.5, 0.6) is 0 Å². The zero-order chi connectivity index (χ0) is 11.1. The molecule has 0 N–H and O–H groups in total. The first-order valence-electron chi connectivity index (χ1n) is 6.42. The predicted octanol–water partition coefficient (Wildman–Crippen LogP) is 4.31. The molecule has 1 aliphatic heterocycles. The summed E-state index contributed by atoms with van der Waals surface area (Å²) in [6, 6.07) is 8.66. The van der Waals surface area contributed by atoms with Gasteiger partial charge in [-0.05, 0) is 42.7 Å². The molecular weight excluding hydrogens is 194 g/mol. The third kappa shape index (κ3) is 1.50. The molecule has 3 rings (SSSR count). The average molecular weight is 213 g/mol. The molecule has 0 radical (unpaired) electrons. The van der Waals surface area contributed by atoms with Gasteiger partial charge in [0.2, 0.25) is 0 Å². The topological polar surface area (TPSA) is 12.4 Å². The minimum atomic E-state index is 0.645. The van der Waals surface area contributed by atoms with E-state index in [2.05, 4.69) is 38.1 Å². The van der Waals surface area contributed by atoms with Crippen LogP contribution < -0.4 is 0 Å². The van der Waals surface area contributed by atoms with Gasteiger partial charge in [-0.15, -0.1) is 0 Å². The highest BCUT2D eigenvalue weighted by atomic mass is 14.8. The fourth-order valence-corrected chi connectivity index (χ4v) is 3.13. The largest absolute Gasteiger partial charge is 0.257 e. The number of para-hydroxylation sites is 1. The average Bonchev–Trinajstić information content (AvgIpc) is 2.66. The SMILES string of the molecule is CC(C)[C@H]1CC[C@H]2C(=Nc3ccccc32)C1. The lowest BCUT2D eigenvalue weighted by molar-refractivity contribution is 0.338. The molecule has 1 aromatic rings. The van der Waals surface area contributed by atoms with Gasteiger partial charge in [-0.1, -0.05) is 32.0 Å². The third-order valence-corrected chi connectivity index (χ3v) is 4.22. The lowest BCUT2D eigenvalue weighted by atomic mass is 9.74. The molecule has 1 fully saturated rings. The summed E-state index contributed by atoms with van der Waals surface area (Å²) in [4.78, 5) is 4.82. The summed E-state index contributed by atoms with van der Waals surface area (Å²) in [7, 11) is 0. The zero-order valence-corrected chi connectivity index (χ0v) is 10.1. The Balaban J connectivity index is 1.89. The summed E-state index contributed by atoms with van der Waals surface area (Å²) >= 11 is 0. The van der Waals surface area contributed by atoms with Gasteiger partial charge in [0.25, 0.3) is 0 Å². The number of benzene rings is 1. The van der Waals surface area contributed by atoms with Crippen molar-refractivity contribution in [1.29, 1.82) is 0 Å². The van der Waals surface area contributed by atoms with Crippen LogP contribution in [-0.4, -0.2) is 5.71 Å². The number of hydrogen-bond acceptors (Lipinski definition) is 1. The summed E-state index contributed by atoms with van der Waals surface area (Å²) in [6.07, 6.45) is 3.89. The summed E-state index contributed by atoms with van der Waals surface area (Å²) in [5.74, 6) is 2.29. The highest BCUT2D eigenvalue weighted by Crippen LogP contribution is 2.44. The van der Waals surface area contributed by atoms with Crippen molar-refractivity contribution in [2.75, 3.05) is 0 Å². The standard InChI is InChI=1S/C15H19N/c1-10(2)11-7-8-13-12-5-3-4-6-14(12)16-15(13)9-11/h3-6,10-11,13H,7-9H2,1-2H3/t11-,13+/m0/s1. The molecule has 84 valence electrons. The minimum Gasteiger partial charge on any atom is -0.257 e. The normalized spacial score (nSPS) is 27.6. The molecule has 16 heavy (non-hydrogen) atoms. The van der Waals surface area contributed by atoms with E-state index < -0.39 is 0 Å². The molecule has 0 unspecified atom stereocenters. The van der Waals surface area contributed by atoms with Crippen molar-refractivity contribution in [3.05, 3.63) is 29.8 Å². The summed E-state index contributed by atoms with van der Waals surface area (Å²) < 4.78 is 0. The second-order valence-corrected chi connectivity index (χ2v) is 5.50. The molecule has 1 heteroatoms. The van der Waals surface area contributed by atoms with Crippen LogP contribution in [0.1, 0.15) is 44.6 Å². The van der Waals surface area contributed by atoms with Gasteiger partial charge in [0.1, 0.15) is 0 Å². The van der Waals surface area contributed by atoms with Gasteiger partial charge in [0.05, 0.1) is 5.69 Å². The Morgan fingerprint density at radius 2 is 2.00 bits per heavy atom. The van der Waals surface area contributed by atoms with Crippen LogP contribution in [0.15, 0.2) is 29.3 Å². The summed E-state index contributed by atoms with van der Waals surface area (Å²) in [6.45, 7) is 4.68. The first kappa shape index (κ1) is 10.1. The van der Waals surface area contributed by atoms with Crippen molar-refractivity contribution in [3.63, 3.8) is 0 Å². The number of rotatable bonds is 1. The maximum Gasteiger partial charge on any atom is 0.0667 e. The number of fused-ring (bicyclic) bond motifs is 3. The van der Waals surface area contributed by atoms with Gasteiger partial charge in [-0.3, -0.25) is 4.99 Å². The molecule has 1 aliphatic carbocycles. The third-order valence-electron chi connectivity index (χ3n) is 4.22. The summed E-state index contributed by atoms with van der Waals surface area (Å²) in [5.41, 5.74) is 4.15. The van der Waals surface area contributed by atoms with E-state index >= 15 is 0 Å². The molecule has 1 saturated carbocycles. The fourth-order valence-electron chi connectivity index (χ4n) is 3.13. The molecule has 0 bridgehead atoms. The molecule has 1 nitrogen and oxygen atoms in total. The van der Waals surface area contributed by atoms with Gasteiger partial charge >= 0.3 is 0 Å². The second-order valence-electron chi connectivity index (χ2n) is 5.50. The van der Waals surface area contributed by atoms with E-state index in [9.17, 15) is 0 Å². The van der Waals surface area contributed by atoms with E-state index in [4.69, 9.17) is 4.99 Å². The van der Waals surface area contributed by atoms with Crippen LogP contribution in [-0.2, 0) is 0 Å². The van der Waals surface area contributed by atoms with E-state index in [1.165, 1.54) is 36.2 Å². The Hall–Kier alpha value is -1.11. The van der Waals surface area contributed by atoms with Crippen LogP contribution in [0, 0.1) is 11.8 Å². The second kappa shape index (κ2) is 3.73. The molecule has 2 atom stereocenters. The lowest BCUT2D eigenvalue weighted by Crippen LogP contribution is -2.24. The Bertz CT molecular complexity index is 431. The van der Waals surface area contributed by atoms with E-state index in [0.29, 0.717) is 5.92 Å². The van der Waals surface area contributed by atoms with E-state index in [-0.39, 0.29) is 0 Å². The maximum atomic E-state index is 4.82. The quantitative estimate of drug-likeness (QED) is 0.659. The summed E-state index contributed by atoms with van der Waals surface area (Å²) in [5, 5.41) is 0. The van der Waals surface area contributed by atoms with Gasteiger partial charge in [-0.2, -0.15) is 0 Å². The van der Waals surface area contributed by atoms with Crippen molar-refractivity contribution >= 4 is 11.4 Å². The van der Waals surface area contributed by atoms with Crippen LogP contribution in [0.2, 0.25) is 0 Å². The van der Waals surface area contributed by atoms with Crippen LogP contribution in [0.4, 0.5) is 5.69 Å². The van der Waals surface area contributed by atoms with E-state index in [1.54, 1.807) is 0 Å². The van der Waals surface area contributed by atoms with Crippen LogP contribution in [0.25, 0.3) is 0 Å². The zero-order valence-electron chi connectivity index (χ0n) is 10.1. The molecular formula is C15H19N. The van der Waals surface area contributed by atoms with Crippen molar-refractivity contribution in [2.24, 2.45) is 16.8 Å². The molecule has 1 heterocycles. The van der Waals surface area contributed by atoms with E-state index in [1.807, 2.05) is 0 Å². The monoisotopic (exact) mass is 213 g/mol. The maximum absolute atomic E-state index is 4.82. The minimum absolute atomic E-state index is 0.645. The molecule has 0 saturated heterocycles. The van der Waals surface area contributed by atoms with Crippen molar-refractivity contribution < 1.29 is 0 Å². The predicted molar refractivity (Wildman–Crippen MR) is 68.5 cm³/mol. The smallest absolute Gasteiger partial charge is 0.0667 e. The lowest BCUT2D eigenvalue weighted by Gasteiger charge is -2.30. The van der Waals surface area contributed by atoms with Gasteiger partial charge in [-0.25, -0.2) is 0 Å². The molecule has 2 aliphatic rings. The number of aliphatic imine (C=N–C) groups is 1. The van der Waals surface area contributed by atoms with Gasteiger partial charge in [0.15, 0.2) is 0 Å². The Morgan fingerprint density at radius 1 is 1.19 bits per heavy atom. The first-order chi connectivity index (χ1) is 7.75. The highest BCUT2D eigenvalue weighted by Gasteiger charge is 2.33. The Labute approximate surface area is 97.6 Å². The van der Waals surface area contributed by atoms with Crippen LogP contribution in [0.3, 0.4) is 0 Å². The molecule has 0 spiro atoms. The number of hydrogen-bond donors (Lipinski definition) is 0. The first-order valence-corrected chi connectivity index (χ1v) is 6.42. The highest BCUT2D eigenvalue weighted by molar-refractivity contribution is 5.98. The molecule has 1 aromatic carbocycles. The Morgan fingerprint density at radius 3 is 2.81 bits per heavy atom. The molecule has 0 amide bonds. The fraction of sp³-hybridized carbons (Fsp3) is 0.533. The Kier molecular flexibility index (Phi) is 2.34. The van der Waals surface area contributed by atoms with Gasteiger partial charge < -0.3 is 0 Å². The van der Waals surface area contributed by atoms with Crippen LogP contribution >= 0.6 is 0 Å². The van der Waals surface area contributed by atoms with Gasteiger partial charge in [0, 0.05) is 11.6 Å². The van der Waals surface area contributed by atoms with Crippen molar-refractivity contribution in [1.82, 2.24) is 0 Å². The van der Waals surface area contributed by atoms with E-state index in [0.717, 1.165) is 11.8 Å². The van der Waals surface area contributed by atoms with Crippen molar-refractivity contribution in [2.45, 2.75) is 39.0 Å².